The number of anilines is 2. The zero-order valence-corrected chi connectivity index (χ0v) is 50.6. The molecule has 6 heterocycles. The van der Waals surface area contributed by atoms with Crippen LogP contribution in [0.3, 0.4) is 0 Å². The van der Waals surface area contributed by atoms with E-state index in [-0.39, 0.29) is 73.9 Å². The Bertz CT molecular complexity index is 2720. The summed E-state index contributed by atoms with van der Waals surface area (Å²) < 4.78 is 104. The fourth-order valence-electron chi connectivity index (χ4n) is 9.42. The summed E-state index contributed by atoms with van der Waals surface area (Å²) in [6, 6.07) is 0. The van der Waals surface area contributed by atoms with Crippen LogP contribution in [0.15, 0.2) is 25.3 Å². The number of hydrogen-bond donors (Lipinski definition) is 7. The van der Waals surface area contributed by atoms with E-state index < -0.39 is 104 Å². The molecule has 0 aromatic carbocycles. The Labute approximate surface area is 486 Å². The minimum Gasteiger partial charge on any atom is -0.465 e. The number of phosphoric acid groups is 2. The van der Waals surface area contributed by atoms with E-state index in [4.69, 9.17) is 62.5 Å². The van der Waals surface area contributed by atoms with Gasteiger partial charge in [-0.05, 0) is 30.6 Å². The average Bonchev–Trinajstić information content (AvgIpc) is 4.45. The van der Waals surface area contributed by atoms with E-state index >= 15 is 0 Å². The summed E-state index contributed by atoms with van der Waals surface area (Å²) in [5, 5.41) is 21.7. The summed E-state index contributed by atoms with van der Waals surface area (Å²) in [4.78, 5) is 69.2. The Hall–Kier alpha value is -3.39. The number of imidazole rings is 2. The number of ether oxygens (including phenoxy) is 6. The van der Waals surface area contributed by atoms with Crippen LogP contribution in [0, 0.1) is 0 Å². The van der Waals surface area contributed by atoms with Gasteiger partial charge in [0.15, 0.2) is 22.9 Å². The first-order valence-electron chi connectivity index (χ1n) is 28.1. The highest BCUT2D eigenvalue weighted by atomic mass is 32.7. The number of nitrogen functional groups attached to an aromatic ring is 2. The lowest BCUT2D eigenvalue weighted by Gasteiger charge is -2.42. The van der Waals surface area contributed by atoms with Crippen molar-refractivity contribution in [2.24, 2.45) is 0 Å². The third-order valence-electron chi connectivity index (χ3n) is 14.0. The molecule has 83 heavy (non-hydrogen) atoms. The van der Waals surface area contributed by atoms with Gasteiger partial charge in [0.2, 0.25) is 0 Å². The van der Waals surface area contributed by atoms with Crippen molar-refractivity contribution >= 4 is 73.8 Å². The maximum atomic E-state index is 13.5. The lowest BCUT2D eigenvalue weighted by atomic mass is 9.90. The van der Waals surface area contributed by atoms with Crippen LogP contribution in [-0.4, -0.2) is 178 Å². The van der Waals surface area contributed by atoms with Gasteiger partial charge in [-0.1, -0.05) is 96.8 Å². The molecule has 0 bridgehead atoms. The minimum absolute atomic E-state index is 0.0210. The van der Waals surface area contributed by atoms with E-state index in [1.165, 1.54) is 112 Å². The number of nitrogens with two attached hydrogens (primary N) is 2. The molecule has 9 N–H and O–H groups in total. The molecule has 0 radical (unpaired) electrons. The third-order valence-corrected chi connectivity index (χ3v) is 19.0. The number of phosphoric ester groups is 2. The SMILES string of the molecule is CCCCCCCCCCCCCCCCCC(=O)OCCSP(=O)(O)OC[C@H]1OCC(OP(=O)(O)OC[C@@H](OCn2cnc3c(N)ncnc32)C(O)COP(=O)(O)OC[C@]2(OCn3cnc4c(N)ncnc43)CCCOC2CO)C1OC. The Morgan fingerprint density at radius 2 is 1.37 bits per heavy atom. The Morgan fingerprint density at radius 3 is 1.98 bits per heavy atom. The summed E-state index contributed by atoms with van der Waals surface area (Å²) in [5.41, 5.74) is 11.4. The molecule has 7 unspecified atom stereocenters. The Kier molecular flexibility index (Phi) is 28.8. The monoisotopic (exact) mass is 1260 g/mol. The van der Waals surface area contributed by atoms with Crippen molar-refractivity contribution < 1.29 is 94.4 Å². The van der Waals surface area contributed by atoms with E-state index in [0.717, 1.165) is 19.3 Å². The molecule has 30 nitrogen and oxygen atoms in total. The van der Waals surface area contributed by atoms with Gasteiger partial charge in [-0.15, -0.1) is 0 Å². The normalized spacial score (nSPS) is 22.3. The molecule has 10 atom stereocenters. The van der Waals surface area contributed by atoms with Gasteiger partial charge in [-0.3, -0.25) is 36.5 Å². The van der Waals surface area contributed by atoms with Crippen molar-refractivity contribution in [1.29, 1.82) is 0 Å². The van der Waals surface area contributed by atoms with Crippen molar-refractivity contribution in [1.82, 2.24) is 39.0 Å². The summed E-state index contributed by atoms with van der Waals surface area (Å²) in [7, 11) is -8.95. The first-order chi connectivity index (χ1) is 39.9. The van der Waals surface area contributed by atoms with Gasteiger partial charge in [0, 0.05) is 25.9 Å². The van der Waals surface area contributed by atoms with Crippen molar-refractivity contribution in [3.05, 3.63) is 25.3 Å². The minimum atomic E-state index is -5.11. The molecule has 2 saturated heterocycles. The molecule has 6 rings (SSSR count). The van der Waals surface area contributed by atoms with E-state index in [1.807, 2.05) is 0 Å². The molecule has 4 aromatic rings. The third kappa shape index (κ3) is 22.4. The number of unbranched alkanes of at least 4 members (excludes halogenated alkanes) is 14. The second-order valence-electron chi connectivity index (χ2n) is 20.2. The highest BCUT2D eigenvalue weighted by Gasteiger charge is 2.47. The number of esters is 1. The van der Waals surface area contributed by atoms with Gasteiger partial charge in [-0.2, -0.15) is 0 Å². The van der Waals surface area contributed by atoms with Gasteiger partial charge < -0.3 is 64.8 Å². The standard InChI is InChI=1S/C49H83N10O20P3S/c1-3-4-5-6-7-8-9-10-11-12-13-14-15-16-17-19-41(62)71-22-23-83-82(67,68)77-28-38-44(69-2)39(26-72-38)79-81(65,66)76-27-37(73-34-58-32-56-42-45(50)52-30-54-47(42)58)36(61)25-75-80(63,64)78-29-49(20-18-21-70-40(49)24-60)74-35-59-33-57-43-46(51)53-31-55-48(43)59/h30-33,36-40,44,60-61H,3-29,34-35H2,1-2H3,(H,63,64)(H,65,66)(H,67,68)(H2,50,52,54)(H2,51,53,55)/t36?,37-,38-,39?,40?,44?,49-/m1/s1. The number of nitrogens with zero attached hydrogens (tertiary/aromatic N) is 8. The maximum absolute atomic E-state index is 13.5. The van der Waals surface area contributed by atoms with Gasteiger partial charge >= 0.3 is 28.4 Å². The molecular formula is C49H83N10O20P3S. The number of aliphatic hydroxyl groups excluding tert-OH is 2. The number of rotatable bonds is 43. The van der Waals surface area contributed by atoms with Crippen LogP contribution in [0.5, 0.6) is 0 Å². The van der Waals surface area contributed by atoms with Crippen molar-refractivity contribution in [3.63, 3.8) is 0 Å². The number of carbonyl (C=O) groups is 1. The molecule has 2 aliphatic rings. The fourth-order valence-corrected chi connectivity index (χ4v) is 13.3. The number of fused-ring (bicyclic) bond motifs is 2. The highest BCUT2D eigenvalue weighted by molar-refractivity contribution is 8.54. The predicted octanol–water partition coefficient (Wildman–Crippen LogP) is 6.12. The van der Waals surface area contributed by atoms with Crippen molar-refractivity contribution in [2.45, 2.75) is 178 Å². The zero-order valence-electron chi connectivity index (χ0n) is 47.1. The smallest absolute Gasteiger partial charge is 0.465 e. The predicted molar refractivity (Wildman–Crippen MR) is 302 cm³/mol. The summed E-state index contributed by atoms with van der Waals surface area (Å²) >= 11 is 0.562. The molecule has 0 spiro atoms. The summed E-state index contributed by atoms with van der Waals surface area (Å²) in [5.74, 6) is -0.210. The molecule has 4 aromatic heterocycles. The quantitative estimate of drug-likeness (QED) is 0.0149. The number of carbonyl (C=O) groups excluding carboxylic acids is 1. The number of aliphatic hydroxyl groups is 2. The maximum Gasteiger partial charge on any atom is 0.472 e. The van der Waals surface area contributed by atoms with Gasteiger partial charge in [-0.25, -0.2) is 43.6 Å². The lowest BCUT2D eigenvalue weighted by molar-refractivity contribution is -0.216. The van der Waals surface area contributed by atoms with Crippen LogP contribution in [0.25, 0.3) is 22.3 Å². The van der Waals surface area contributed by atoms with Crippen LogP contribution < -0.4 is 11.5 Å². The summed E-state index contributed by atoms with van der Waals surface area (Å²) in [6.07, 6.45) is 16.3. The Morgan fingerprint density at radius 1 is 0.783 bits per heavy atom. The average molecular weight is 1260 g/mol. The zero-order chi connectivity index (χ0) is 59.7. The molecule has 0 saturated carbocycles. The molecule has 2 fully saturated rings. The number of aromatic nitrogens is 8. The molecule has 0 amide bonds. The van der Waals surface area contributed by atoms with Gasteiger partial charge in [0.05, 0.1) is 52.3 Å². The highest BCUT2D eigenvalue weighted by Crippen LogP contribution is 2.56. The van der Waals surface area contributed by atoms with Crippen molar-refractivity contribution in [2.75, 3.05) is 77.2 Å². The molecule has 0 aliphatic carbocycles. The van der Waals surface area contributed by atoms with Crippen LogP contribution in [0.1, 0.15) is 122 Å². The van der Waals surface area contributed by atoms with Crippen LogP contribution in [-0.2, 0) is 83.0 Å². The molecule has 34 heteroatoms. The molecular weight excluding hydrogens is 1170 g/mol. The van der Waals surface area contributed by atoms with E-state index in [2.05, 4.69) is 36.8 Å². The number of hydrogen-bond acceptors (Lipinski definition) is 26. The van der Waals surface area contributed by atoms with Crippen LogP contribution in [0.4, 0.5) is 11.6 Å². The molecule has 2 aliphatic heterocycles. The fraction of sp³-hybridized carbons (Fsp3) is 0.776. The second-order valence-corrected chi connectivity index (χ2v) is 27.1. The second kappa shape index (κ2) is 34.8. The molecule has 470 valence electrons. The summed E-state index contributed by atoms with van der Waals surface area (Å²) in [6.45, 7) is -6.48. The van der Waals surface area contributed by atoms with Gasteiger partial charge in [0.1, 0.15) is 86.0 Å². The van der Waals surface area contributed by atoms with E-state index in [9.17, 15) is 43.4 Å². The van der Waals surface area contributed by atoms with Crippen LogP contribution >= 0.6 is 33.8 Å². The van der Waals surface area contributed by atoms with E-state index in [1.54, 1.807) is 0 Å². The first-order valence-corrected chi connectivity index (χ1v) is 34.2. The topological polar surface area (TPSA) is 410 Å². The first kappa shape index (κ1) is 68.7. The number of methoxy groups -OCH3 is 1. The van der Waals surface area contributed by atoms with Crippen molar-refractivity contribution in [3.8, 4) is 0 Å². The van der Waals surface area contributed by atoms with E-state index in [0.29, 0.717) is 35.4 Å². The lowest BCUT2D eigenvalue weighted by Crippen LogP contribution is -2.54. The van der Waals surface area contributed by atoms with Crippen LogP contribution in [0.2, 0.25) is 0 Å². The largest absolute Gasteiger partial charge is 0.472 e. The Balaban J connectivity index is 0.936. The van der Waals surface area contributed by atoms with Gasteiger partial charge in [0.25, 0.3) is 0 Å².